The van der Waals surface area contributed by atoms with Gasteiger partial charge in [0.15, 0.2) is 0 Å². The summed E-state index contributed by atoms with van der Waals surface area (Å²) in [6.07, 6.45) is 7.34. The molecule has 0 aliphatic rings. The molecule has 0 amide bonds. The zero-order valence-electron chi connectivity index (χ0n) is 30.4. The van der Waals surface area contributed by atoms with E-state index < -0.39 is 0 Å². The molecule has 0 fully saturated rings. The topological polar surface area (TPSA) is 51.8 Å². The Morgan fingerprint density at radius 2 is 1.47 bits per heavy atom. The molecule has 0 N–H and O–H groups in total. The number of rotatable bonds is 3. The number of aromatic nitrogens is 3. The Hall–Kier alpha value is -4.96. The summed E-state index contributed by atoms with van der Waals surface area (Å²) in [7, 11) is 0. The Morgan fingerprint density at radius 1 is 0.706 bits per heavy atom. The zero-order chi connectivity index (χ0) is 35.2. The van der Waals surface area contributed by atoms with E-state index in [1.807, 2.05) is 36.8 Å². The van der Waals surface area contributed by atoms with Crippen molar-refractivity contribution in [3.8, 4) is 33.6 Å². The monoisotopic (exact) mass is 844 g/mol. The molecule has 0 aliphatic carbocycles. The van der Waals surface area contributed by atoms with Crippen LogP contribution in [-0.2, 0) is 25.5 Å². The fourth-order valence-corrected chi connectivity index (χ4v) is 6.23. The standard InChI is InChI=1S/C31H25N2O.C15H16N.Ir/c1-19-14-26-27(17-23-11-13-34-30(23)29(26)33-18-19)28-25(6-5-12-32-28)22-8-7-21-16-24(31(2,3)4)10-9-20(21)15-22;1-10-5-6-14(7-11(10)2)15-8-12(3)13(4)9-16-15;/h5-16,18H,1-4H3;5,7-9H,1-4H3;/q2*-1;. The third-order valence-corrected chi connectivity index (χ3v) is 9.57. The van der Waals surface area contributed by atoms with Crippen LogP contribution in [0.3, 0.4) is 0 Å². The molecule has 257 valence electrons. The van der Waals surface area contributed by atoms with Crippen LogP contribution in [0.1, 0.15) is 54.2 Å². The van der Waals surface area contributed by atoms with Crippen molar-refractivity contribution in [2.75, 3.05) is 0 Å². The van der Waals surface area contributed by atoms with Crippen molar-refractivity contribution in [1.29, 1.82) is 0 Å². The summed E-state index contributed by atoms with van der Waals surface area (Å²) < 4.78 is 5.74. The van der Waals surface area contributed by atoms with Crippen LogP contribution in [0.4, 0.5) is 0 Å². The van der Waals surface area contributed by atoms with Gasteiger partial charge < -0.3 is 9.40 Å². The smallest absolute Gasteiger partial charge is 0.0847 e. The first kappa shape index (κ1) is 35.9. The van der Waals surface area contributed by atoms with Gasteiger partial charge in [0.1, 0.15) is 0 Å². The Labute approximate surface area is 314 Å². The predicted molar refractivity (Wildman–Crippen MR) is 207 cm³/mol. The number of hydrogen-bond donors (Lipinski definition) is 0. The van der Waals surface area contributed by atoms with Crippen molar-refractivity contribution in [2.24, 2.45) is 0 Å². The third kappa shape index (κ3) is 7.28. The van der Waals surface area contributed by atoms with Gasteiger partial charge in [-0.2, -0.15) is 0 Å². The quantitative estimate of drug-likeness (QED) is 0.166. The van der Waals surface area contributed by atoms with E-state index in [9.17, 15) is 0 Å². The van der Waals surface area contributed by atoms with Gasteiger partial charge in [-0.1, -0.05) is 111 Å². The van der Waals surface area contributed by atoms with E-state index in [0.717, 1.165) is 61.1 Å². The molecule has 0 atom stereocenters. The summed E-state index contributed by atoms with van der Waals surface area (Å²) in [6.45, 7) is 17.2. The molecule has 4 nitrogen and oxygen atoms in total. The fourth-order valence-electron chi connectivity index (χ4n) is 6.23. The van der Waals surface area contributed by atoms with Gasteiger partial charge in [0.25, 0.3) is 0 Å². The van der Waals surface area contributed by atoms with E-state index in [1.165, 1.54) is 38.6 Å². The van der Waals surface area contributed by atoms with E-state index in [4.69, 9.17) is 14.4 Å². The number of nitrogens with zero attached hydrogens (tertiary/aromatic N) is 3. The van der Waals surface area contributed by atoms with Crippen LogP contribution in [0.15, 0.2) is 108 Å². The number of benzene rings is 4. The van der Waals surface area contributed by atoms with E-state index in [0.29, 0.717) is 0 Å². The van der Waals surface area contributed by atoms with Crippen LogP contribution in [0.2, 0.25) is 0 Å². The minimum Gasteiger partial charge on any atom is -0.506 e. The molecule has 0 saturated carbocycles. The number of hydrogen-bond acceptors (Lipinski definition) is 4. The van der Waals surface area contributed by atoms with Crippen molar-refractivity contribution >= 4 is 32.6 Å². The molecule has 0 unspecified atom stereocenters. The number of furan rings is 1. The van der Waals surface area contributed by atoms with Crippen molar-refractivity contribution in [1.82, 2.24) is 15.0 Å². The van der Waals surface area contributed by atoms with Crippen LogP contribution in [0.5, 0.6) is 0 Å². The predicted octanol–water partition coefficient (Wildman–Crippen LogP) is 12.0. The zero-order valence-corrected chi connectivity index (χ0v) is 32.8. The molecule has 0 spiro atoms. The third-order valence-electron chi connectivity index (χ3n) is 9.57. The second-order valence-corrected chi connectivity index (χ2v) is 14.4. The summed E-state index contributed by atoms with van der Waals surface area (Å²) in [5.74, 6) is 0. The van der Waals surface area contributed by atoms with E-state index >= 15 is 0 Å². The van der Waals surface area contributed by atoms with E-state index in [1.54, 1.807) is 6.26 Å². The number of fused-ring (bicyclic) bond motifs is 4. The second-order valence-electron chi connectivity index (χ2n) is 14.4. The molecule has 4 aromatic heterocycles. The first-order valence-corrected chi connectivity index (χ1v) is 17.1. The minimum atomic E-state index is 0. The van der Waals surface area contributed by atoms with Crippen molar-refractivity contribution in [3.05, 3.63) is 149 Å². The van der Waals surface area contributed by atoms with Gasteiger partial charge in [0, 0.05) is 56.2 Å². The maximum Gasteiger partial charge on any atom is 0.0847 e. The van der Waals surface area contributed by atoms with Crippen molar-refractivity contribution in [2.45, 2.75) is 60.8 Å². The van der Waals surface area contributed by atoms with Crippen molar-refractivity contribution < 1.29 is 24.5 Å². The Morgan fingerprint density at radius 3 is 2.24 bits per heavy atom. The Kier molecular flexibility index (Phi) is 10.1. The summed E-state index contributed by atoms with van der Waals surface area (Å²) in [4.78, 5) is 14.0. The summed E-state index contributed by atoms with van der Waals surface area (Å²) in [6, 6.07) is 34.8. The molecule has 8 rings (SSSR count). The van der Waals surface area contributed by atoms with Crippen LogP contribution >= 0.6 is 0 Å². The molecule has 0 aliphatic heterocycles. The second kappa shape index (κ2) is 14.3. The minimum absolute atomic E-state index is 0. The van der Waals surface area contributed by atoms with Gasteiger partial charge in [0.2, 0.25) is 0 Å². The average molecular weight is 844 g/mol. The number of pyridine rings is 3. The molecule has 8 aromatic rings. The van der Waals surface area contributed by atoms with Gasteiger partial charge in [-0.3, -0.25) is 9.97 Å². The summed E-state index contributed by atoms with van der Waals surface area (Å²) in [5, 5.41) is 4.37. The van der Waals surface area contributed by atoms with Crippen molar-refractivity contribution in [3.63, 3.8) is 0 Å². The number of aryl methyl sites for hydroxylation is 5. The first-order chi connectivity index (χ1) is 24.0. The average Bonchev–Trinajstić information content (AvgIpc) is 3.59. The normalized spacial score (nSPS) is 11.4. The molecular weight excluding hydrogens is 803 g/mol. The Bertz CT molecular complexity index is 2490. The summed E-state index contributed by atoms with van der Waals surface area (Å²) in [5.41, 5.74) is 15.3. The summed E-state index contributed by atoms with van der Waals surface area (Å²) >= 11 is 0. The maximum absolute atomic E-state index is 5.74. The molecule has 4 heterocycles. The van der Waals surface area contributed by atoms with Crippen LogP contribution in [-0.4, -0.2) is 15.0 Å². The molecule has 1 radical (unpaired) electrons. The SMILES string of the molecule is Cc1c[c-]c(-c2cc(C)c(C)cn2)cc1C.Cc1cnc2c(c1)c(-c1ncccc1-c1ccc3cc(C(C)(C)C)ccc3c1)[c-]c1ccoc12.[Ir]. The molecule has 51 heavy (non-hydrogen) atoms. The molecular formula is C46H41IrN3O-2. The van der Waals surface area contributed by atoms with Crippen LogP contribution < -0.4 is 0 Å². The first-order valence-electron chi connectivity index (χ1n) is 17.1. The maximum atomic E-state index is 5.74. The molecule has 4 aromatic carbocycles. The van der Waals surface area contributed by atoms with Gasteiger partial charge in [-0.25, -0.2) is 0 Å². The van der Waals surface area contributed by atoms with Gasteiger partial charge >= 0.3 is 0 Å². The Balaban J connectivity index is 0.000000222. The molecule has 0 saturated heterocycles. The molecule has 5 heteroatoms. The van der Waals surface area contributed by atoms with Gasteiger partial charge in [0.05, 0.1) is 5.58 Å². The van der Waals surface area contributed by atoms with Crippen LogP contribution in [0.25, 0.3) is 66.3 Å². The van der Waals surface area contributed by atoms with E-state index in [-0.39, 0.29) is 25.5 Å². The van der Waals surface area contributed by atoms with Crippen LogP contribution in [0, 0.1) is 46.8 Å². The van der Waals surface area contributed by atoms with E-state index in [2.05, 4.69) is 133 Å². The van der Waals surface area contributed by atoms with Gasteiger partial charge in [-0.15, -0.1) is 41.0 Å². The van der Waals surface area contributed by atoms with Gasteiger partial charge in [-0.05, 0) is 82.6 Å². The fraction of sp³-hybridized carbons (Fsp3) is 0.196. The largest absolute Gasteiger partial charge is 0.506 e. The molecule has 0 bridgehead atoms.